The molecule has 0 amide bonds. The van der Waals surface area contributed by atoms with Crippen molar-refractivity contribution in [3.8, 4) is 5.69 Å². The molecule has 0 saturated carbocycles. The van der Waals surface area contributed by atoms with E-state index >= 15 is 0 Å². The highest BCUT2D eigenvalue weighted by atomic mass is 16.3. The molecule has 0 aliphatic heterocycles. The molecule has 66 valence electrons. The first kappa shape index (κ1) is 7.88. The van der Waals surface area contributed by atoms with Gasteiger partial charge in [0.1, 0.15) is 12.7 Å². The average Bonchev–Trinajstić information content (AvgIpc) is 2.71. The fourth-order valence-corrected chi connectivity index (χ4v) is 1.04. The number of pyridine rings is 1. The van der Waals surface area contributed by atoms with Gasteiger partial charge >= 0.3 is 0 Å². The fourth-order valence-electron chi connectivity index (χ4n) is 1.04. The maximum absolute atomic E-state index is 8.85. The Hall–Kier alpha value is -1.75. The molecule has 0 aliphatic rings. The molecular formula is C8H8N4O. The molecule has 5 heteroatoms. The van der Waals surface area contributed by atoms with Crippen molar-refractivity contribution in [2.45, 2.75) is 6.61 Å². The Bertz CT molecular complexity index is 385. The molecule has 0 spiro atoms. The van der Waals surface area contributed by atoms with Crippen LogP contribution >= 0.6 is 0 Å². The Kier molecular flexibility index (Phi) is 2.01. The molecule has 13 heavy (non-hydrogen) atoms. The molecule has 0 fully saturated rings. The quantitative estimate of drug-likeness (QED) is 0.707. The Labute approximate surface area is 74.7 Å². The predicted molar refractivity (Wildman–Crippen MR) is 45.1 cm³/mol. The van der Waals surface area contributed by atoms with Crippen molar-refractivity contribution in [2.75, 3.05) is 0 Å². The van der Waals surface area contributed by atoms with Gasteiger partial charge in [0.05, 0.1) is 18.0 Å². The number of hydrogen-bond donors (Lipinski definition) is 1. The number of rotatable bonds is 2. The number of nitrogens with zero attached hydrogens (tertiary/aromatic N) is 4. The van der Waals surface area contributed by atoms with Gasteiger partial charge in [0.2, 0.25) is 0 Å². The van der Waals surface area contributed by atoms with E-state index in [1.54, 1.807) is 29.3 Å². The van der Waals surface area contributed by atoms with E-state index in [9.17, 15) is 0 Å². The molecule has 0 radical (unpaired) electrons. The molecule has 2 aromatic rings. The first-order chi connectivity index (χ1) is 6.40. The van der Waals surface area contributed by atoms with Crippen molar-refractivity contribution >= 4 is 0 Å². The van der Waals surface area contributed by atoms with Crippen LogP contribution in [-0.2, 0) is 6.61 Å². The minimum Gasteiger partial charge on any atom is -0.390 e. The van der Waals surface area contributed by atoms with Gasteiger partial charge in [-0.3, -0.25) is 4.98 Å². The van der Waals surface area contributed by atoms with Crippen molar-refractivity contribution in [2.24, 2.45) is 0 Å². The molecule has 5 nitrogen and oxygen atoms in total. The second-order valence-corrected chi connectivity index (χ2v) is 2.50. The summed E-state index contributed by atoms with van der Waals surface area (Å²) in [6.07, 6.45) is 4.68. The molecule has 0 atom stereocenters. The molecule has 1 N–H and O–H groups in total. The standard InChI is InChI=1S/C8H8N4O/c13-4-7-3-8(1-2-10-7)12-6-9-5-11-12/h1-3,5-6,13H,4H2. The van der Waals surface area contributed by atoms with Crippen LogP contribution in [0.4, 0.5) is 0 Å². The second-order valence-electron chi connectivity index (χ2n) is 2.50. The third-order valence-electron chi connectivity index (χ3n) is 1.65. The number of aromatic nitrogens is 4. The summed E-state index contributed by atoms with van der Waals surface area (Å²) in [5, 5.41) is 12.8. The van der Waals surface area contributed by atoms with E-state index < -0.39 is 0 Å². The second kappa shape index (κ2) is 3.32. The third-order valence-corrected chi connectivity index (χ3v) is 1.65. The van der Waals surface area contributed by atoms with Crippen LogP contribution in [0, 0.1) is 0 Å². The highest BCUT2D eigenvalue weighted by Crippen LogP contribution is 2.05. The van der Waals surface area contributed by atoms with Gasteiger partial charge in [-0.25, -0.2) is 9.67 Å². The van der Waals surface area contributed by atoms with Gasteiger partial charge in [-0.1, -0.05) is 0 Å². The molecule has 2 heterocycles. The van der Waals surface area contributed by atoms with E-state index in [0.29, 0.717) is 5.69 Å². The zero-order chi connectivity index (χ0) is 9.10. The van der Waals surface area contributed by atoms with E-state index in [-0.39, 0.29) is 6.61 Å². The van der Waals surface area contributed by atoms with Crippen LogP contribution < -0.4 is 0 Å². The summed E-state index contributed by atoms with van der Waals surface area (Å²) in [4.78, 5) is 7.78. The molecule has 2 aromatic heterocycles. The van der Waals surface area contributed by atoms with Gasteiger partial charge in [-0.15, -0.1) is 0 Å². The number of hydrogen-bond acceptors (Lipinski definition) is 4. The lowest BCUT2D eigenvalue weighted by Gasteiger charge is -2.00. The maximum Gasteiger partial charge on any atom is 0.138 e. The molecule has 0 bridgehead atoms. The summed E-state index contributed by atoms with van der Waals surface area (Å²) >= 11 is 0. The molecule has 0 aromatic carbocycles. The zero-order valence-electron chi connectivity index (χ0n) is 6.83. The summed E-state index contributed by atoms with van der Waals surface area (Å²) in [5.74, 6) is 0. The number of aliphatic hydroxyl groups is 1. The van der Waals surface area contributed by atoms with Gasteiger partial charge in [0.25, 0.3) is 0 Å². The normalized spacial score (nSPS) is 10.2. The van der Waals surface area contributed by atoms with E-state index in [1.165, 1.54) is 6.33 Å². The first-order valence-corrected chi connectivity index (χ1v) is 3.81. The monoisotopic (exact) mass is 176 g/mol. The lowest BCUT2D eigenvalue weighted by atomic mass is 10.3. The van der Waals surface area contributed by atoms with Gasteiger partial charge in [-0.2, -0.15) is 5.10 Å². The van der Waals surface area contributed by atoms with Crippen molar-refractivity contribution in [3.05, 3.63) is 36.7 Å². The SMILES string of the molecule is OCc1cc(-n2cncn2)ccn1. The minimum atomic E-state index is -0.0669. The zero-order valence-corrected chi connectivity index (χ0v) is 6.83. The Morgan fingerprint density at radius 2 is 2.38 bits per heavy atom. The predicted octanol–water partition coefficient (Wildman–Crippen LogP) is 0.155. The smallest absolute Gasteiger partial charge is 0.138 e. The average molecular weight is 176 g/mol. The highest BCUT2D eigenvalue weighted by molar-refractivity contribution is 5.29. The van der Waals surface area contributed by atoms with E-state index in [2.05, 4.69) is 15.1 Å². The summed E-state index contributed by atoms with van der Waals surface area (Å²) in [6, 6.07) is 3.56. The first-order valence-electron chi connectivity index (χ1n) is 3.81. The molecule has 0 saturated heterocycles. The van der Waals surface area contributed by atoms with Crippen LogP contribution in [0.1, 0.15) is 5.69 Å². The Morgan fingerprint density at radius 1 is 1.46 bits per heavy atom. The topological polar surface area (TPSA) is 63.8 Å². The van der Waals surface area contributed by atoms with Crippen LogP contribution in [0.3, 0.4) is 0 Å². The van der Waals surface area contributed by atoms with Crippen LogP contribution in [0.25, 0.3) is 5.69 Å². The molecule has 0 aliphatic carbocycles. The van der Waals surface area contributed by atoms with Gasteiger partial charge in [0.15, 0.2) is 0 Å². The molecule has 2 rings (SSSR count). The van der Waals surface area contributed by atoms with Crippen LogP contribution in [0.2, 0.25) is 0 Å². The third kappa shape index (κ3) is 1.54. The van der Waals surface area contributed by atoms with Crippen LogP contribution in [0.5, 0.6) is 0 Å². The van der Waals surface area contributed by atoms with E-state index in [4.69, 9.17) is 5.11 Å². The van der Waals surface area contributed by atoms with Crippen molar-refractivity contribution in [1.29, 1.82) is 0 Å². The van der Waals surface area contributed by atoms with E-state index in [0.717, 1.165) is 5.69 Å². The summed E-state index contributed by atoms with van der Waals surface area (Å²) in [7, 11) is 0. The largest absolute Gasteiger partial charge is 0.390 e. The summed E-state index contributed by atoms with van der Waals surface area (Å²) in [5.41, 5.74) is 1.46. The Morgan fingerprint density at radius 3 is 3.08 bits per heavy atom. The summed E-state index contributed by atoms with van der Waals surface area (Å²) < 4.78 is 1.61. The molecular weight excluding hydrogens is 168 g/mol. The maximum atomic E-state index is 8.85. The Balaban J connectivity index is 2.41. The van der Waals surface area contributed by atoms with Crippen molar-refractivity contribution in [1.82, 2.24) is 19.7 Å². The summed E-state index contributed by atoms with van der Waals surface area (Å²) in [6.45, 7) is -0.0669. The van der Waals surface area contributed by atoms with E-state index in [1.807, 2.05) is 0 Å². The van der Waals surface area contributed by atoms with Crippen molar-refractivity contribution < 1.29 is 5.11 Å². The van der Waals surface area contributed by atoms with Crippen molar-refractivity contribution in [3.63, 3.8) is 0 Å². The van der Waals surface area contributed by atoms with Gasteiger partial charge < -0.3 is 5.11 Å². The van der Waals surface area contributed by atoms with Crippen LogP contribution in [-0.4, -0.2) is 24.9 Å². The van der Waals surface area contributed by atoms with Crippen LogP contribution in [0.15, 0.2) is 31.0 Å². The lowest BCUT2D eigenvalue weighted by molar-refractivity contribution is 0.277. The van der Waals surface area contributed by atoms with Gasteiger partial charge in [-0.05, 0) is 12.1 Å². The fraction of sp³-hybridized carbons (Fsp3) is 0.125. The highest BCUT2D eigenvalue weighted by Gasteiger charge is 1.98. The number of aliphatic hydroxyl groups excluding tert-OH is 1. The minimum absolute atomic E-state index is 0.0669. The molecule has 0 unspecified atom stereocenters. The lowest BCUT2D eigenvalue weighted by Crippen LogP contribution is -1.97. The van der Waals surface area contributed by atoms with Gasteiger partial charge in [0, 0.05) is 6.20 Å².